The van der Waals surface area contributed by atoms with Crippen LogP contribution in [0.25, 0.3) is 0 Å². The third-order valence-electron chi connectivity index (χ3n) is 1.98. The molecule has 1 aromatic rings. The molecule has 0 atom stereocenters. The number of carboxylic acids is 2. The first-order valence-corrected chi connectivity index (χ1v) is 5.11. The van der Waals surface area contributed by atoms with Crippen LogP contribution in [-0.4, -0.2) is 43.0 Å². The average molecular weight is 269 g/mol. The first-order chi connectivity index (χ1) is 8.90. The third kappa shape index (κ3) is 4.53. The van der Waals surface area contributed by atoms with Crippen molar-refractivity contribution in [2.45, 2.75) is 19.8 Å². The number of hydrogen-bond donors (Lipinski definition) is 4. The summed E-state index contributed by atoms with van der Waals surface area (Å²) in [6.07, 6.45) is -0.635. The van der Waals surface area contributed by atoms with Crippen LogP contribution in [-0.2, 0) is 9.59 Å². The number of aromatic nitrogens is 3. The van der Waals surface area contributed by atoms with Crippen LogP contribution >= 0.6 is 0 Å². The Morgan fingerprint density at radius 2 is 2.00 bits per heavy atom. The van der Waals surface area contributed by atoms with E-state index in [4.69, 9.17) is 10.2 Å². The predicted octanol–water partition coefficient (Wildman–Crippen LogP) is -0.809. The van der Waals surface area contributed by atoms with Crippen molar-refractivity contribution in [1.82, 2.24) is 15.2 Å². The summed E-state index contributed by atoms with van der Waals surface area (Å²) in [5.41, 5.74) is 1.47. The zero-order chi connectivity index (χ0) is 14.4. The highest BCUT2D eigenvalue weighted by atomic mass is 16.4. The molecule has 0 aromatic carbocycles. The number of rotatable bonds is 6. The molecule has 0 aliphatic rings. The Morgan fingerprint density at radius 1 is 1.32 bits per heavy atom. The zero-order valence-electron chi connectivity index (χ0n) is 9.88. The Hall–Kier alpha value is -2.78. The minimum Gasteiger partial charge on any atom is -0.481 e. The number of hydrazone groups is 1. The maximum Gasteiger partial charge on any atom is 0.352 e. The molecule has 1 aromatic heterocycles. The van der Waals surface area contributed by atoms with E-state index in [1.165, 1.54) is 6.92 Å². The normalized spacial score (nSPS) is 11.1. The maximum absolute atomic E-state index is 11.2. The Bertz CT molecular complexity index is 579. The Balaban J connectivity index is 2.80. The summed E-state index contributed by atoms with van der Waals surface area (Å²) >= 11 is 0. The molecular formula is C9H11N5O5. The fourth-order valence-electron chi connectivity index (χ4n) is 1.00. The summed E-state index contributed by atoms with van der Waals surface area (Å²) in [7, 11) is 0. The summed E-state index contributed by atoms with van der Waals surface area (Å²) in [5.74, 6) is -2.64. The van der Waals surface area contributed by atoms with Crippen LogP contribution in [0.4, 0.5) is 5.95 Å². The fourth-order valence-corrected chi connectivity index (χ4v) is 1.00. The second-order valence-electron chi connectivity index (χ2n) is 3.46. The standard InChI is InChI=1S/C9H11N5O5/c1-4-7(17)10-9(13-11-4)14-12-5(8(18)19)2-3-6(15)16/h2-3H2,1H3,(H,15,16)(H,18,19)(H2,10,13,14,17)/b12-5-. The van der Waals surface area contributed by atoms with Gasteiger partial charge in [-0.05, 0) is 6.92 Å². The van der Waals surface area contributed by atoms with Crippen molar-refractivity contribution in [3.63, 3.8) is 0 Å². The molecule has 0 amide bonds. The van der Waals surface area contributed by atoms with Crippen LogP contribution < -0.4 is 11.0 Å². The quantitative estimate of drug-likeness (QED) is 0.385. The smallest absolute Gasteiger partial charge is 0.352 e. The van der Waals surface area contributed by atoms with E-state index < -0.39 is 23.2 Å². The van der Waals surface area contributed by atoms with Gasteiger partial charge >= 0.3 is 11.9 Å². The van der Waals surface area contributed by atoms with Crippen LogP contribution in [0.15, 0.2) is 9.90 Å². The van der Waals surface area contributed by atoms with Crippen molar-refractivity contribution < 1.29 is 19.8 Å². The fraction of sp³-hybridized carbons (Fsp3) is 0.333. The van der Waals surface area contributed by atoms with Gasteiger partial charge < -0.3 is 10.2 Å². The summed E-state index contributed by atoms with van der Waals surface area (Å²) in [5, 5.41) is 27.8. The number of carbonyl (C=O) groups is 2. The molecule has 10 heteroatoms. The Labute approximate surface area is 106 Å². The van der Waals surface area contributed by atoms with Gasteiger partial charge in [0.2, 0.25) is 5.95 Å². The van der Waals surface area contributed by atoms with Crippen molar-refractivity contribution in [2.24, 2.45) is 5.10 Å². The lowest BCUT2D eigenvalue weighted by atomic mass is 10.2. The van der Waals surface area contributed by atoms with E-state index >= 15 is 0 Å². The number of aliphatic carboxylic acids is 2. The van der Waals surface area contributed by atoms with Crippen molar-refractivity contribution in [3.8, 4) is 0 Å². The average Bonchev–Trinajstić information content (AvgIpc) is 2.32. The number of nitrogens with zero attached hydrogens (tertiary/aromatic N) is 3. The predicted molar refractivity (Wildman–Crippen MR) is 63.0 cm³/mol. The molecule has 0 saturated heterocycles. The largest absolute Gasteiger partial charge is 0.481 e. The van der Waals surface area contributed by atoms with Crippen molar-refractivity contribution >= 4 is 23.6 Å². The monoisotopic (exact) mass is 269 g/mol. The van der Waals surface area contributed by atoms with Gasteiger partial charge in [0.25, 0.3) is 5.56 Å². The molecule has 1 rings (SSSR count). The highest BCUT2D eigenvalue weighted by Gasteiger charge is 2.12. The van der Waals surface area contributed by atoms with Crippen molar-refractivity contribution in [2.75, 3.05) is 5.43 Å². The van der Waals surface area contributed by atoms with E-state index in [2.05, 4.69) is 25.7 Å². The molecule has 0 bridgehead atoms. The Morgan fingerprint density at radius 3 is 2.53 bits per heavy atom. The van der Waals surface area contributed by atoms with Crippen molar-refractivity contribution in [3.05, 3.63) is 16.0 Å². The zero-order valence-corrected chi connectivity index (χ0v) is 9.88. The molecule has 4 N–H and O–H groups in total. The van der Waals surface area contributed by atoms with Crippen molar-refractivity contribution in [1.29, 1.82) is 0 Å². The lowest BCUT2D eigenvalue weighted by Crippen LogP contribution is -2.19. The van der Waals surface area contributed by atoms with Gasteiger partial charge in [-0.3, -0.25) is 14.6 Å². The van der Waals surface area contributed by atoms with Gasteiger partial charge in [-0.25, -0.2) is 10.2 Å². The SMILES string of the molecule is Cc1nnc(N/N=C(/CCC(=O)O)C(=O)O)[nH]c1=O. The minimum atomic E-state index is -1.36. The van der Waals surface area contributed by atoms with Gasteiger partial charge in [0.15, 0.2) is 0 Å². The summed E-state index contributed by atoms with van der Waals surface area (Å²) in [6, 6.07) is 0. The number of anilines is 1. The maximum atomic E-state index is 11.2. The molecule has 19 heavy (non-hydrogen) atoms. The van der Waals surface area contributed by atoms with Gasteiger partial charge in [-0.1, -0.05) is 0 Å². The topological polar surface area (TPSA) is 158 Å². The highest BCUT2D eigenvalue weighted by Crippen LogP contribution is 1.97. The summed E-state index contributed by atoms with van der Waals surface area (Å²) in [6.45, 7) is 1.45. The van der Waals surface area contributed by atoms with Gasteiger partial charge in [0.1, 0.15) is 11.4 Å². The molecular weight excluding hydrogens is 258 g/mol. The number of aromatic amines is 1. The minimum absolute atomic E-state index is 0.135. The van der Waals surface area contributed by atoms with E-state index in [1.807, 2.05) is 0 Å². The second kappa shape index (κ2) is 6.23. The number of hydrogen-bond acceptors (Lipinski definition) is 7. The summed E-state index contributed by atoms with van der Waals surface area (Å²) in [4.78, 5) is 34.6. The van der Waals surface area contributed by atoms with Crippen LogP contribution in [0.2, 0.25) is 0 Å². The van der Waals surface area contributed by atoms with E-state index in [-0.39, 0.29) is 24.5 Å². The van der Waals surface area contributed by atoms with E-state index in [0.29, 0.717) is 0 Å². The van der Waals surface area contributed by atoms with Gasteiger partial charge in [-0.2, -0.15) is 5.10 Å². The van der Waals surface area contributed by atoms with Crippen LogP contribution in [0, 0.1) is 6.92 Å². The van der Waals surface area contributed by atoms with E-state index in [0.717, 1.165) is 0 Å². The molecule has 0 aliphatic heterocycles. The van der Waals surface area contributed by atoms with Crippen LogP contribution in [0.1, 0.15) is 18.5 Å². The first kappa shape index (κ1) is 14.3. The number of carboxylic acid groups (broad SMARTS) is 2. The number of aryl methyl sites for hydroxylation is 1. The van der Waals surface area contributed by atoms with E-state index in [1.54, 1.807) is 0 Å². The van der Waals surface area contributed by atoms with Gasteiger partial charge in [-0.15, -0.1) is 10.2 Å². The molecule has 0 radical (unpaired) electrons. The molecule has 1 heterocycles. The molecule has 10 nitrogen and oxygen atoms in total. The molecule has 102 valence electrons. The van der Waals surface area contributed by atoms with Crippen LogP contribution in [0.5, 0.6) is 0 Å². The highest BCUT2D eigenvalue weighted by molar-refractivity contribution is 6.35. The Kier molecular flexibility index (Phi) is 4.69. The number of nitrogens with one attached hydrogen (secondary N) is 2. The molecule has 0 aliphatic carbocycles. The van der Waals surface area contributed by atoms with Gasteiger partial charge in [0.05, 0.1) is 6.42 Å². The molecule has 0 spiro atoms. The second-order valence-corrected chi connectivity index (χ2v) is 3.46. The first-order valence-electron chi connectivity index (χ1n) is 5.11. The van der Waals surface area contributed by atoms with Gasteiger partial charge in [0, 0.05) is 6.42 Å². The molecule has 0 unspecified atom stereocenters. The van der Waals surface area contributed by atoms with E-state index in [9.17, 15) is 14.4 Å². The third-order valence-corrected chi connectivity index (χ3v) is 1.98. The lowest BCUT2D eigenvalue weighted by Gasteiger charge is -2.01. The molecule has 0 fully saturated rings. The molecule has 0 saturated carbocycles. The van der Waals surface area contributed by atoms with Crippen LogP contribution in [0.3, 0.4) is 0 Å². The number of H-pyrrole nitrogens is 1. The summed E-state index contributed by atoms with van der Waals surface area (Å²) < 4.78 is 0. The lowest BCUT2D eigenvalue weighted by molar-refractivity contribution is -0.136.